The van der Waals surface area contributed by atoms with Gasteiger partial charge < -0.3 is 15.0 Å². The number of rotatable bonds is 2. The number of alkyl carbamates (subject to hydrolysis) is 1. The highest BCUT2D eigenvalue weighted by Gasteiger charge is 2.37. The summed E-state index contributed by atoms with van der Waals surface area (Å²) in [5, 5.41) is 2.38. The first-order valence-electron chi connectivity index (χ1n) is 5.29. The van der Waals surface area contributed by atoms with Crippen LogP contribution in [0, 0.1) is 0 Å². The zero-order chi connectivity index (χ0) is 12.6. The third-order valence-electron chi connectivity index (χ3n) is 3.08. The van der Waals surface area contributed by atoms with Crippen molar-refractivity contribution in [3.05, 3.63) is 0 Å². The number of likely N-dealkylation sites (N-methyl/N-ethyl adjacent to an activating group) is 1. The second kappa shape index (κ2) is 4.17. The highest BCUT2D eigenvalue weighted by molar-refractivity contribution is 7.91. The number of nitrogens with one attached hydrogen (secondary N) is 1. The maximum atomic E-state index is 11.9. The van der Waals surface area contributed by atoms with Crippen molar-refractivity contribution >= 4 is 21.8 Å². The van der Waals surface area contributed by atoms with Crippen molar-refractivity contribution in [2.75, 3.05) is 25.2 Å². The van der Waals surface area contributed by atoms with Crippen molar-refractivity contribution in [1.82, 2.24) is 10.2 Å². The molecule has 1 N–H and O–H groups in total. The fourth-order valence-corrected chi connectivity index (χ4v) is 3.80. The van der Waals surface area contributed by atoms with Gasteiger partial charge in [0, 0.05) is 13.1 Å². The van der Waals surface area contributed by atoms with Gasteiger partial charge in [-0.15, -0.1) is 0 Å². The average Bonchev–Trinajstić information content (AvgIpc) is 2.82. The van der Waals surface area contributed by atoms with Crippen LogP contribution in [-0.4, -0.2) is 62.6 Å². The maximum absolute atomic E-state index is 11.9. The van der Waals surface area contributed by atoms with Crippen LogP contribution in [0.25, 0.3) is 0 Å². The fourth-order valence-electron chi connectivity index (χ4n) is 2.02. The number of sulfone groups is 1. The van der Waals surface area contributed by atoms with Crippen molar-refractivity contribution in [2.24, 2.45) is 0 Å². The standard InChI is InChI=1S/C9H14N2O5S/c1-11(6-2-3-17(14,15)5-6)8(12)7-4-16-9(13)10-7/h6-7H,2-5H2,1H3,(H,10,13). The Bertz CT molecular complexity index is 446. The van der Waals surface area contributed by atoms with Gasteiger partial charge >= 0.3 is 6.09 Å². The summed E-state index contributed by atoms with van der Waals surface area (Å²) >= 11 is 0. The van der Waals surface area contributed by atoms with Crippen LogP contribution in [0.15, 0.2) is 0 Å². The monoisotopic (exact) mass is 262 g/mol. The molecular weight excluding hydrogens is 248 g/mol. The molecule has 0 radical (unpaired) electrons. The van der Waals surface area contributed by atoms with E-state index in [0.29, 0.717) is 6.42 Å². The van der Waals surface area contributed by atoms with Crippen LogP contribution in [0.5, 0.6) is 0 Å². The van der Waals surface area contributed by atoms with Crippen LogP contribution in [0.2, 0.25) is 0 Å². The van der Waals surface area contributed by atoms with Crippen molar-refractivity contribution in [1.29, 1.82) is 0 Å². The van der Waals surface area contributed by atoms with Gasteiger partial charge in [-0.1, -0.05) is 0 Å². The summed E-state index contributed by atoms with van der Waals surface area (Å²) in [6.45, 7) is 0.00146. The molecular formula is C9H14N2O5S. The van der Waals surface area contributed by atoms with E-state index in [-0.39, 0.29) is 30.1 Å². The highest BCUT2D eigenvalue weighted by atomic mass is 32.2. The summed E-state index contributed by atoms with van der Waals surface area (Å²) in [5.41, 5.74) is 0. The first-order chi connectivity index (χ1) is 7.89. The Morgan fingerprint density at radius 1 is 1.53 bits per heavy atom. The number of hydrogen-bond donors (Lipinski definition) is 1. The van der Waals surface area contributed by atoms with Gasteiger partial charge in [0.15, 0.2) is 9.84 Å². The van der Waals surface area contributed by atoms with Crippen LogP contribution in [0.4, 0.5) is 4.79 Å². The van der Waals surface area contributed by atoms with E-state index < -0.39 is 22.0 Å². The molecule has 0 aromatic carbocycles. The van der Waals surface area contributed by atoms with Gasteiger partial charge in [0.25, 0.3) is 0 Å². The molecule has 7 nitrogen and oxygen atoms in total. The molecule has 2 amide bonds. The topological polar surface area (TPSA) is 92.8 Å². The van der Waals surface area contributed by atoms with Crippen LogP contribution in [0.1, 0.15) is 6.42 Å². The van der Waals surface area contributed by atoms with Gasteiger partial charge in [-0.3, -0.25) is 4.79 Å². The van der Waals surface area contributed by atoms with E-state index in [2.05, 4.69) is 10.1 Å². The van der Waals surface area contributed by atoms with Gasteiger partial charge in [0.2, 0.25) is 5.91 Å². The van der Waals surface area contributed by atoms with Crippen LogP contribution >= 0.6 is 0 Å². The lowest BCUT2D eigenvalue weighted by Gasteiger charge is -2.25. The van der Waals surface area contributed by atoms with E-state index in [1.54, 1.807) is 7.05 Å². The third kappa shape index (κ3) is 2.51. The van der Waals surface area contributed by atoms with Gasteiger partial charge in [-0.05, 0) is 6.42 Å². The maximum Gasteiger partial charge on any atom is 0.407 e. The fraction of sp³-hybridized carbons (Fsp3) is 0.778. The molecule has 0 aromatic rings. The van der Waals surface area contributed by atoms with Crippen LogP contribution < -0.4 is 5.32 Å². The van der Waals surface area contributed by atoms with Crippen LogP contribution in [0.3, 0.4) is 0 Å². The minimum absolute atomic E-state index is 0.00146. The van der Waals surface area contributed by atoms with E-state index in [4.69, 9.17) is 0 Å². The lowest BCUT2D eigenvalue weighted by Crippen LogP contribution is -2.48. The molecule has 2 aliphatic heterocycles. The van der Waals surface area contributed by atoms with E-state index in [1.165, 1.54) is 4.90 Å². The molecule has 96 valence electrons. The van der Waals surface area contributed by atoms with Gasteiger partial charge in [0.1, 0.15) is 12.6 Å². The number of carbonyl (C=O) groups excluding carboxylic acids is 2. The Hall–Kier alpha value is -1.31. The first-order valence-corrected chi connectivity index (χ1v) is 7.11. The third-order valence-corrected chi connectivity index (χ3v) is 4.83. The summed E-state index contributed by atoms with van der Waals surface area (Å²) < 4.78 is 27.2. The Balaban J connectivity index is 1.98. The summed E-state index contributed by atoms with van der Waals surface area (Å²) in [6.07, 6.45) is -0.165. The lowest BCUT2D eigenvalue weighted by molar-refractivity contribution is -0.133. The molecule has 2 heterocycles. The van der Waals surface area contributed by atoms with E-state index in [9.17, 15) is 18.0 Å². The molecule has 2 saturated heterocycles. The number of carbonyl (C=O) groups is 2. The number of cyclic esters (lactones) is 1. The Morgan fingerprint density at radius 2 is 2.24 bits per heavy atom. The normalized spacial score (nSPS) is 30.8. The van der Waals surface area contributed by atoms with Crippen molar-refractivity contribution in [2.45, 2.75) is 18.5 Å². The number of amides is 2. The van der Waals surface area contributed by atoms with Gasteiger partial charge in [0.05, 0.1) is 11.5 Å². The van der Waals surface area contributed by atoms with Gasteiger partial charge in [-0.25, -0.2) is 13.2 Å². The summed E-state index contributed by atoms with van der Waals surface area (Å²) in [7, 11) is -1.47. The smallest absolute Gasteiger partial charge is 0.407 e. The highest BCUT2D eigenvalue weighted by Crippen LogP contribution is 2.17. The molecule has 2 aliphatic rings. The van der Waals surface area contributed by atoms with E-state index in [0.717, 1.165) is 0 Å². The lowest BCUT2D eigenvalue weighted by atomic mass is 10.2. The molecule has 2 rings (SSSR count). The zero-order valence-electron chi connectivity index (χ0n) is 9.38. The minimum Gasteiger partial charge on any atom is -0.447 e. The predicted molar refractivity (Wildman–Crippen MR) is 58.1 cm³/mol. The van der Waals surface area contributed by atoms with E-state index >= 15 is 0 Å². The minimum atomic E-state index is -3.02. The molecule has 0 spiro atoms. The Morgan fingerprint density at radius 3 is 2.71 bits per heavy atom. The average molecular weight is 262 g/mol. The molecule has 0 bridgehead atoms. The largest absolute Gasteiger partial charge is 0.447 e. The summed E-state index contributed by atoms with van der Waals surface area (Å²) in [4.78, 5) is 24.1. The molecule has 2 fully saturated rings. The molecule has 2 atom stereocenters. The first kappa shape index (κ1) is 12.2. The Kier molecular flexibility index (Phi) is 2.98. The second-order valence-corrected chi connectivity index (χ2v) is 6.53. The zero-order valence-corrected chi connectivity index (χ0v) is 10.2. The van der Waals surface area contributed by atoms with Crippen molar-refractivity contribution < 1.29 is 22.7 Å². The molecule has 0 aliphatic carbocycles. The predicted octanol–water partition coefficient (Wildman–Crippen LogP) is -1.26. The molecule has 8 heteroatoms. The molecule has 0 saturated carbocycles. The van der Waals surface area contributed by atoms with E-state index in [1.807, 2.05) is 0 Å². The van der Waals surface area contributed by atoms with Crippen molar-refractivity contribution in [3.63, 3.8) is 0 Å². The second-order valence-electron chi connectivity index (χ2n) is 4.30. The Labute approximate surface area is 99.0 Å². The molecule has 17 heavy (non-hydrogen) atoms. The summed E-state index contributed by atoms with van der Waals surface area (Å²) in [6, 6.07) is -0.999. The van der Waals surface area contributed by atoms with Crippen molar-refractivity contribution in [3.8, 4) is 0 Å². The number of nitrogens with zero attached hydrogens (tertiary/aromatic N) is 1. The SMILES string of the molecule is CN(C(=O)C1COC(=O)N1)C1CCS(=O)(=O)C1. The molecule has 0 aromatic heterocycles. The molecule has 2 unspecified atom stereocenters. The number of ether oxygens (including phenoxy) is 1. The quantitative estimate of drug-likeness (QED) is 0.670. The van der Waals surface area contributed by atoms with Gasteiger partial charge in [-0.2, -0.15) is 0 Å². The van der Waals surface area contributed by atoms with Crippen LogP contribution in [-0.2, 0) is 19.4 Å². The number of hydrogen-bond acceptors (Lipinski definition) is 5. The summed E-state index contributed by atoms with van der Waals surface area (Å²) in [5.74, 6) is -0.197.